The Labute approximate surface area is 121 Å². The minimum Gasteiger partial charge on any atom is -0.291 e. The first-order chi connectivity index (χ1) is 8.28. The van der Waals surface area contributed by atoms with Gasteiger partial charge in [-0.1, -0.05) is 41.4 Å². The Hall–Kier alpha value is -0.390. The van der Waals surface area contributed by atoms with Gasteiger partial charge >= 0.3 is 0 Å². The molecule has 1 rings (SSSR count). The summed E-state index contributed by atoms with van der Waals surface area (Å²) in [6.07, 6.45) is 0.171. The van der Waals surface area contributed by atoms with Crippen LogP contribution in [0.25, 0.3) is 0 Å². The summed E-state index contributed by atoms with van der Waals surface area (Å²) in [6.45, 7) is 3.19. The lowest BCUT2D eigenvalue weighted by Gasteiger charge is -2.24. The van der Waals surface area contributed by atoms with Gasteiger partial charge < -0.3 is 0 Å². The van der Waals surface area contributed by atoms with Gasteiger partial charge in [0.1, 0.15) is 0 Å². The van der Waals surface area contributed by atoms with Gasteiger partial charge in [0.05, 0.1) is 0 Å². The Morgan fingerprint density at radius 3 is 2.17 bits per heavy atom. The van der Waals surface area contributed by atoms with Crippen LogP contribution in [0.3, 0.4) is 0 Å². The topological polar surface area (TPSA) is 51.2 Å². The van der Waals surface area contributed by atoms with Crippen LogP contribution in [-0.2, 0) is 9.84 Å². The third-order valence-corrected chi connectivity index (χ3v) is 7.65. The van der Waals surface area contributed by atoms with E-state index in [1.807, 2.05) is 0 Å². The number of hydrogen-bond acceptors (Lipinski definition) is 3. The zero-order valence-corrected chi connectivity index (χ0v) is 13.3. The van der Waals surface area contributed by atoms with E-state index in [1.165, 1.54) is 19.1 Å². The van der Waals surface area contributed by atoms with E-state index in [9.17, 15) is 13.2 Å². The second kappa shape index (κ2) is 5.72. The molecule has 0 bridgehead atoms. The Morgan fingerprint density at radius 2 is 1.78 bits per heavy atom. The number of benzene rings is 1. The summed E-state index contributed by atoms with van der Waals surface area (Å²) in [5, 5.41) is 0.501. The molecular formula is C12H14BrClO3S. The van der Waals surface area contributed by atoms with Crippen LogP contribution in [0.4, 0.5) is 0 Å². The van der Waals surface area contributed by atoms with Crippen molar-refractivity contribution >= 4 is 43.2 Å². The molecule has 6 heteroatoms. The maximum absolute atomic E-state index is 12.3. The van der Waals surface area contributed by atoms with Crippen LogP contribution in [0, 0.1) is 0 Å². The van der Waals surface area contributed by atoms with Gasteiger partial charge in [-0.15, -0.1) is 0 Å². The molecule has 0 amide bonds. The Morgan fingerprint density at radius 1 is 1.28 bits per heavy atom. The van der Waals surface area contributed by atoms with Crippen molar-refractivity contribution in [3.05, 3.63) is 34.9 Å². The monoisotopic (exact) mass is 352 g/mol. The van der Waals surface area contributed by atoms with Crippen LogP contribution in [0.15, 0.2) is 24.3 Å². The molecule has 0 fully saturated rings. The van der Waals surface area contributed by atoms with E-state index in [-0.39, 0.29) is 12.2 Å². The molecule has 0 radical (unpaired) electrons. The van der Waals surface area contributed by atoms with E-state index in [4.69, 9.17) is 11.6 Å². The molecule has 18 heavy (non-hydrogen) atoms. The summed E-state index contributed by atoms with van der Waals surface area (Å²) in [5.74, 6) is -0.547. The number of rotatable bonds is 5. The second-order valence-electron chi connectivity index (χ2n) is 3.82. The fourth-order valence-corrected chi connectivity index (χ4v) is 3.91. The highest BCUT2D eigenvalue weighted by molar-refractivity contribution is 9.12. The molecule has 1 unspecified atom stereocenters. The second-order valence-corrected chi connectivity index (χ2v) is 8.64. The summed E-state index contributed by atoms with van der Waals surface area (Å²) in [7, 11) is -3.53. The molecule has 3 nitrogen and oxygen atoms in total. The predicted octanol–water partition coefficient (Wildman–Crippen LogP) is 3.46. The minimum absolute atomic E-state index is 0.0918. The standard InChI is InChI=1S/C12H14BrClO3S/c1-3-12(13,18(16,17)4-2)11(15)9-5-7-10(14)8-6-9/h5-8H,3-4H2,1-2H3. The first kappa shape index (κ1) is 15.7. The largest absolute Gasteiger partial charge is 0.291 e. The van der Waals surface area contributed by atoms with Gasteiger partial charge in [0, 0.05) is 16.3 Å². The molecule has 0 saturated carbocycles. The third-order valence-electron chi connectivity index (χ3n) is 2.77. The van der Waals surface area contributed by atoms with E-state index >= 15 is 0 Å². The fraction of sp³-hybridized carbons (Fsp3) is 0.417. The van der Waals surface area contributed by atoms with E-state index in [2.05, 4.69) is 15.9 Å². The molecule has 1 aromatic carbocycles. The van der Waals surface area contributed by atoms with Crippen molar-refractivity contribution in [3.8, 4) is 0 Å². The van der Waals surface area contributed by atoms with Crippen molar-refractivity contribution in [2.75, 3.05) is 5.75 Å². The molecule has 0 spiro atoms. The van der Waals surface area contributed by atoms with Crippen molar-refractivity contribution in [2.24, 2.45) is 0 Å². The average Bonchev–Trinajstić information content (AvgIpc) is 2.37. The SMILES string of the molecule is CCC(Br)(C(=O)c1ccc(Cl)cc1)S(=O)(=O)CC. The molecule has 0 aliphatic rings. The van der Waals surface area contributed by atoms with Gasteiger partial charge in [-0.05, 0) is 30.7 Å². The molecule has 0 saturated heterocycles. The van der Waals surface area contributed by atoms with E-state index in [1.54, 1.807) is 19.1 Å². The van der Waals surface area contributed by atoms with Crippen LogP contribution < -0.4 is 0 Å². The lowest BCUT2D eigenvalue weighted by molar-refractivity contribution is 0.0976. The van der Waals surface area contributed by atoms with Crippen LogP contribution in [0.1, 0.15) is 30.6 Å². The average molecular weight is 354 g/mol. The Bertz CT molecular complexity index is 539. The number of carbonyl (C=O) groups excluding carboxylic acids is 1. The first-order valence-electron chi connectivity index (χ1n) is 5.50. The molecule has 0 aromatic heterocycles. The Balaban J connectivity index is 3.26. The van der Waals surface area contributed by atoms with Crippen molar-refractivity contribution in [1.29, 1.82) is 0 Å². The van der Waals surface area contributed by atoms with Crippen molar-refractivity contribution in [1.82, 2.24) is 0 Å². The molecule has 1 aromatic rings. The minimum atomic E-state index is -3.53. The molecule has 0 aliphatic carbocycles. The molecular weight excluding hydrogens is 340 g/mol. The number of ketones is 1. The molecule has 0 heterocycles. The van der Waals surface area contributed by atoms with Crippen LogP contribution in [0.2, 0.25) is 5.02 Å². The van der Waals surface area contributed by atoms with Crippen molar-refractivity contribution in [2.45, 2.75) is 23.9 Å². The lowest BCUT2D eigenvalue weighted by Crippen LogP contribution is -2.41. The highest BCUT2D eigenvalue weighted by atomic mass is 79.9. The van der Waals surface area contributed by atoms with Crippen LogP contribution in [0.5, 0.6) is 0 Å². The maximum Gasteiger partial charge on any atom is 0.194 e. The quantitative estimate of drug-likeness (QED) is 0.602. The predicted molar refractivity (Wildman–Crippen MR) is 77.2 cm³/mol. The number of hydrogen-bond donors (Lipinski definition) is 0. The van der Waals surface area contributed by atoms with E-state index < -0.39 is 19.3 Å². The highest BCUT2D eigenvalue weighted by Gasteiger charge is 2.45. The third kappa shape index (κ3) is 2.78. The summed E-state index contributed by atoms with van der Waals surface area (Å²) in [5.41, 5.74) is 0.329. The summed E-state index contributed by atoms with van der Waals surface area (Å²) in [4.78, 5) is 12.3. The van der Waals surface area contributed by atoms with Crippen LogP contribution in [-0.4, -0.2) is 23.6 Å². The summed E-state index contributed by atoms with van der Waals surface area (Å²) < 4.78 is 22.5. The number of alkyl halides is 1. The van der Waals surface area contributed by atoms with E-state index in [0.29, 0.717) is 10.6 Å². The number of sulfone groups is 1. The zero-order valence-electron chi connectivity index (χ0n) is 10.1. The number of carbonyl (C=O) groups is 1. The fourth-order valence-electron chi connectivity index (χ4n) is 1.57. The molecule has 100 valence electrons. The van der Waals surface area contributed by atoms with Gasteiger partial charge in [0.15, 0.2) is 19.3 Å². The van der Waals surface area contributed by atoms with Gasteiger partial charge in [-0.3, -0.25) is 4.79 Å². The summed E-state index contributed by atoms with van der Waals surface area (Å²) in [6, 6.07) is 6.19. The number of halogens is 2. The molecule has 0 N–H and O–H groups in total. The van der Waals surface area contributed by atoms with Gasteiger partial charge in [-0.25, -0.2) is 8.42 Å². The highest BCUT2D eigenvalue weighted by Crippen LogP contribution is 2.34. The number of Topliss-reactive ketones (excluding diaryl/α,β-unsaturated/α-hetero) is 1. The molecule has 0 aliphatic heterocycles. The Kier molecular flexibility index (Phi) is 4.98. The van der Waals surface area contributed by atoms with Gasteiger partial charge in [0.25, 0.3) is 0 Å². The van der Waals surface area contributed by atoms with Crippen molar-refractivity contribution < 1.29 is 13.2 Å². The van der Waals surface area contributed by atoms with E-state index in [0.717, 1.165) is 0 Å². The molecule has 1 atom stereocenters. The van der Waals surface area contributed by atoms with Crippen LogP contribution >= 0.6 is 27.5 Å². The van der Waals surface area contributed by atoms with Gasteiger partial charge in [-0.2, -0.15) is 0 Å². The smallest absolute Gasteiger partial charge is 0.194 e. The first-order valence-corrected chi connectivity index (χ1v) is 8.32. The normalized spacial score (nSPS) is 15.1. The summed E-state index contributed by atoms with van der Waals surface area (Å²) >= 11 is 8.86. The lowest BCUT2D eigenvalue weighted by atomic mass is 10.1. The zero-order chi connectivity index (χ0) is 14.0. The van der Waals surface area contributed by atoms with Crippen molar-refractivity contribution in [3.63, 3.8) is 0 Å². The maximum atomic E-state index is 12.3. The van der Waals surface area contributed by atoms with Gasteiger partial charge in [0.2, 0.25) is 0 Å².